The minimum Gasteiger partial charge on any atom is -0.385 e. The number of nitrogens with zero attached hydrogens (tertiary/aromatic N) is 3. The first-order valence-corrected chi connectivity index (χ1v) is 8.22. The molecule has 0 aliphatic carbocycles. The Bertz CT molecular complexity index is 467. The van der Waals surface area contributed by atoms with E-state index in [4.69, 9.17) is 9.73 Å². The second-order valence-electron chi connectivity index (χ2n) is 5.17. The molecule has 1 aromatic heterocycles. The monoisotopic (exact) mass is 309 g/mol. The van der Waals surface area contributed by atoms with Gasteiger partial charge in [0, 0.05) is 45.1 Å². The fourth-order valence-corrected chi connectivity index (χ4v) is 2.50. The van der Waals surface area contributed by atoms with Crippen molar-refractivity contribution in [1.29, 1.82) is 0 Å². The Hall–Kier alpha value is -1.56. The van der Waals surface area contributed by atoms with Crippen LogP contribution in [0.1, 0.15) is 44.1 Å². The van der Waals surface area contributed by atoms with Crippen molar-refractivity contribution in [1.82, 2.24) is 20.4 Å². The molecule has 0 saturated heterocycles. The molecule has 0 atom stereocenters. The molecule has 6 heteroatoms. The van der Waals surface area contributed by atoms with E-state index < -0.39 is 0 Å². The fourth-order valence-electron chi connectivity index (χ4n) is 2.50. The lowest BCUT2D eigenvalue weighted by molar-refractivity contribution is 0.195. The molecule has 0 unspecified atom stereocenters. The fraction of sp³-hybridized carbons (Fsp3) is 0.750. The molecular formula is C16H31N5O. The number of guanidine groups is 1. The summed E-state index contributed by atoms with van der Waals surface area (Å²) < 4.78 is 7.05. The number of nitrogens with one attached hydrogen (secondary N) is 2. The second-order valence-corrected chi connectivity index (χ2v) is 5.17. The molecule has 1 rings (SSSR count). The van der Waals surface area contributed by atoms with E-state index in [0.717, 1.165) is 50.6 Å². The average molecular weight is 309 g/mol. The molecular weight excluding hydrogens is 278 g/mol. The quantitative estimate of drug-likeness (QED) is 0.413. The van der Waals surface area contributed by atoms with Gasteiger partial charge in [-0.3, -0.25) is 4.68 Å². The highest BCUT2D eigenvalue weighted by molar-refractivity contribution is 5.79. The van der Waals surface area contributed by atoms with Gasteiger partial charge in [0.1, 0.15) is 0 Å². The molecule has 0 radical (unpaired) electrons. The number of rotatable bonds is 9. The van der Waals surface area contributed by atoms with Gasteiger partial charge in [-0.1, -0.05) is 13.8 Å². The third kappa shape index (κ3) is 5.33. The molecule has 22 heavy (non-hydrogen) atoms. The topological polar surface area (TPSA) is 63.5 Å². The number of aromatic nitrogens is 2. The maximum Gasteiger partial charge on any atom is 0.191 e. The Morgan fingerprint density at radius 2 is 2.00 bits per heavy atom. The minimum atomic E-state index is 0.666. The van der Waals surface area contributed by atoms with Gasteiger partial charge in [0.2, 0.25) is 0 Å². The van der Waals surface area contributed by atoms with E-state index in [9.17, 15) is 0 Å². The number of hydrogen-bond donors (Lipinski definition) is 2. The first kappa shape index (κ1) is 18.5. The first-order chi connectivity index (χ1) is 10.7. The van der Waals surface area contributed by atoms with Crippen molar-refractivity contribution in [3.05, 3.63) is 17.0 Å². The third-order valence-corrected chi connectivity index (χ3v) is 3.59. The van der Waals surface area contributed by atoms with Gasteiger partial charge >= 0.3 is 0 Å². The smallest absolute Gasteiger partial charge is 0.191 e. The summed E-state index contributed by atoms with van der Waals surface area (Å²) in [4.78, 5) is 4.71. The van der Waals surface area contributed by atoms with E-state index in [2.05, 4.69) is 36.5 Å². The van der Waals surface area contributed by atoms with Crippen LogP contribution in [0.3, 0.4) is 0 Å². The second kappa shape index (κ2) is 10.2. The summed E-state index contributed by atoms with van der Waals surface area (Å²) in [6.45, 7) is 9.51. The van der Waals surface area contributed by atoms with Crippen LogP contribution in [0, 0.1) is 0 Å². The normalized spacial score (nSPS) is 11.8. The predicted molar refractivity (Wildman–Crippen MR) is 91.3 cm³/mol. The maximum absolute atomic E-state index is 5.06. The Kier molecular flexibility index (Phi) is 8.58. The zero-order chi connectivity index (χ0) is 16.4. The molecule has 0 aliphatic heterocycles. The Balaban J connectivity index is 2.76. The highest BCUT2D eigenvalue weighted by Gasteiger charge is 2.13. The van der Waals surface area contributed by atoms with E-state index >= 15 is 0 Å². The van der Waals surface area contributed by atoms with Gasteiger partial charge in [-0.05, 0) is 26.2 Å². The number of aryl methyl sites for hydroxylation is 2. The molecule has 1 heterocycles. The lowest BCUT2D eigenvalue weighted by Crippen LogP contribution is -2.38. The summed E-state index contributed by atoms with van der Waals surface area (Å²) in [7, 11) is 3.74. The molecule has 0 bridgehead atoms. The third-order valence-electron chi connectivity index (χ3n) is 3.59. The van der Waals surface area contributed by atoms with Gasteiger partial charge in [-0.15, -0.1) is 0 Å². The van der Waals surface area contributed by atoms with E-state index in [1.54, 1.807) is 7.11 Å². The van der Waals surface area contributed by atoms with Gasteiger partial charge in [0.15, 0.2) is 5.96 Å². The van der Waals surface area contributed by atoms with Crippen molar-refractivity contribution >= 4 is 5.96 Å². The number of methoxy groups -OCH3 is 1. The molecule has 0 aliphatic rings. The zero-order valence-corrected chi connectivity index (χ0v) is 14.7. The summed E-state index contributed by atoms with van der Waals surface area (Å²) in [5.41, 5.74) is 3.69. The molecule has 0 aromatic carbocycles. The molecule has 2 N–H and O–H groups in total. The largest absolute Gasteiger partial charge is 0.385 e. The maximum atomic E-state index is 5.06. The predicted octanol–water partition coefficient (Wildman–Crippen LogP) is 1.64. The summed E-state index contributed by atoms with van der Waals surface area (Å²) in [6, 6.07) is 0. The molecule has 0 spiro atoms. The van der Waals surface area contributed by atoms with Gasteiger partial charge < -0.3 is 15.4 Å². The van der Waals surface area contributed by atoms with Crippen LogP contribution >= 0.6 is 0 Å². The highest BCUT2D eigenvalue weighted by atomic mass is 16.5. The molecule has 1 aromatic rings. The van der Waals surface area contributed by atoms with Crippen LogP contribution in [0.4, 0.5) is 0 Å². The van der Waals surface area contributed by atoms with Crippen LogP contribution in [0.15, 0.2) is 4.99 Å². The molecule has 126 valence electrons. The lowest BCUT2D eigenvalue weighted by Gasteiger charge is -2.11. The van der Waals surface area contributed by atoms with Crippen LogP contribution in [0.2, 0.25) is 0 Å². The van der Waals surface area contributed by atoms with Crippen LogP contribution in [0.5, 0.6) is 0 Å². The van der Waals surface area contributed by atoms with Gasteiger partial charge in [0.25, 0.3) is 0 Å². The molecule has 0 saturated carbocycles. The van der Waals surface area contributed by atoms with Crippen LogP contribution in [-0.4, -0.2) is 42.5 Å². The van der Waals surface area contributed by atoms with Crippen molar-refractivity contribution in [2.24, 2.45) is 12.0 Å². The highest BCUT2D eigenvalue weighted by Crippen LogP contribution is 2.16. The molecule has 6 nitrogen and oxygen atoms in total. The van der Waals surface area contributed by atoms with Crippen LogP contribution in [0.25, 0.3) is 0 Å². The number of hydrogen-bond acceptors (Lipinski definition) is 3. The average Bonchev–Trinajstić information content (AvgIpc) is 2.83. The van der Waals surface area contributed by atoms with Gasteiger partial charge in [0.05, 0.1) is 12.2 Å². The summed E-state index contributed by atoms with van der Waals surface area (Å²) in [5.74, 6) is 0.853. The Morgan fingerprint density at radius 1 is 1.23 bits per heavy atom. The molecule has 0 amide bonds. The van der Waals surface area contributed by atoms with Crippen molar-refractivity contribution in [3.8, 4) is 0 Å². The number of ether oxygens (including phenoxy) is 1. The SMILES string of the molecule is CCNC(=NCc1c(CC)nn(C)c1CC)NCCCOC. The lowest BCUT2D eigenvalue weighted by atomic mass is 10.1. The van der Waals surface area contributed by atoms with Crippen molar-refractivity contribution < 1.29 is 4.74 Å². The van der Waals surface area contributed by atoms with E-state index in [1.807, 2.05) is 11.7 Å². The van der Waals surface area contributed by atoms with Crippen LogP contribution in [-0.2, 0) is 31.2 Å². The molecule has 0 fully saturated rings. The Labute approximate surface area is 134 Å². The van der Waals surface area contributed by atoms with Crippen LogP contribution < -0.4 is 10.6 Å². The van der Waals surface area contributed by atoms with E-state index in [0.29, 0.717) is 6.54 Å². The Morgan fingerprint density at radius 3 is 2.59 bits per heavy atom. The minimum absolute atomic E-state index is 0.666. The van der Waals surface area contributed by atoms with Gasteiger partial charge in [-0.2, -0.15) is 5.10 Å². The summed E-state index contributed by atoms with van der Waals surface area (Å²) in [6.07, 6.45) is 2.89. The van der Waals surface area contributed by atoms with E-state index in [1.165, 1.54) is 11.3 Å². The zero-order valence-electron chi connectivity index (χ0n) is 14.7. The first-order valence-electron chi connectivity index (χ1n) is 8.22. The summed E-state index contributed by atoms with van der Waals surface area (Å²) >= 11 is 0. The van der Waals surface area contributed by atoms with Crippen molar-refractivity contribution in [3.63, 3.8) is 0 Å². The summed E-state index contributed by atoms with van der Waals surface area (Å²) in [5, 5.41) is 11.2. The number of aliphatic imine (C=N–C) groups is 1. The standard InChI is InChI=1S/C16H31N5O/c1-6-14-13(15(7-2)21(4)20-14)12-19-16(17-8-3)18-10-9-11-22-5/h6-12H2,1-5H3,(H2,17,18,19). The van der Waals surface area contributed by atoms with Gasteiger partial charge in [-0.25, -0.2) is 4.99 Å². The van der Waals surface area contributed by atoms with Crippen molar-refractivity contribution in [2.75, 3.05) is 26.8 Å². The van der Waals surface area contributed by atoms with E-state index in [-0.39, 0.29) is 0 Å². The van der Waals surface area contributed by atoms with Crippen molar-refractivity contribution in [2.45, 2.75) is 46.6 Å².